The quantitative estimate of drug-likeness (QED) is 0.437. The van der Waals surface area contributed by atoms with Crippen LogP contribution in [0.15, 0.2) is 0 Å². The molecule has 0 saturated heterocycles. The summed E-state index contributed by atoms with van der Waals surface area (Å²) in [6.45, 7) is 4.12. The Morgan fingerprint density at radius 2 is 2.07 bits per heavy atom. The summed E-state index contributed by atoms with van der Waals surface area (Å²) in [7, 11) is 0. The van der Waals surface area contributed by atoms with Crippen molar-refractivity contribution in [3.8, 4) is 0 Å². The van der Waals surface area contributed by atoms with E-state index in [1.165, 1.54) is 12.8 Å². The highest BCUT2D eigenvalue weighted by Crippen LogP contribution is 2.28. The van der Waals surface area contributed by atoms with Crippen molar-refractivity contribution < 1.29 is 14.3 Å². The van der Waals surface area contributed by atoms with Crippen molar-refractivity contribution >= 4 is 5.97 Å². The van der Waals surface area contributed by atoms with E-state index in [9.17, 15) is 4.79 Å². The summed E-state index contributed by atoms with van der Waals surface area (Å²) in [5.74, 6) is 0.779. The summed E-state index contributed by atoms with van der Waals surface area (Å²) < 4.78 is 10.3. The molecule has 3 nitrogen and oxygen atoms in total. The highest BCUT2D eigenvalue weighted by molar-refractivity contribution is 5.69. The lowest BCUT2D eigenvalue weighted by Crippen LogP contribution is -2.04. The second-order valence-electron chi connectivity index (χ2n) is 4.13. The fraction of sp³-hybridized carbons (Fsp3) is 0.917. The maximum Gasteiger partial charge on any atom is 0.305 e. The highest BCUT2D eigenvalue weighted by Gasteiger charge is 2.20. The summed E-state index contributed by atoms with van der Waals surface area (Å²) in [6, 6.07) is 0. The normalized spacial score (nSPS) is 15.3. The smallest absolute Gasteiger partial charge is 0.305 e. The van der Waals surface area contributed by atoms with E-state index >= 15 is 0 Å². The average molecular weight is 214 g/mol. The summed E-state index contributed by atoms with van der Waals surface area (Å²) in [6.07, 6.45) is 6.30. The van der Waals surface area contributed by atoms with Crippen molar-refractivity contribution in [1.82, 2.24) is 0 Å². The molecule has 0 heterocycles. The minimum Gasteiger partial charge on any atom is -0.466 e. The van der Waals surface area contributed by atoms with Crippen molar-refractivity contribution in [3.63, 3.8) is 0 Å². The molecule has 15 heavy (non-hydrogen) atoms. The molecule has 1 rings (SSSR count). The Labute approximate surface area is 92.1 Å². The van der Waals surface area contributed by atoms with Crippen molar-refractivity contribution in [3.05, 3.63) is 0 Å². The molecule has 1 fully saturated rings. The molecule has 0 aromatic heterocycles. The van der Waals surface area contributed by atoms with Gasteiger partial charge in [-0.15, -0.1) is 0 Å². The molecule has 0 aliphatic heterocycles. The number of unbranched alkanes of at least 4 members (excludes halogenated alkanes) is 2. The Morgan fingerprint density at radius 1 is 1.27 bits per heavy atom. The van der Waals surface area contributed by atoms with Gasteiger partial charge < -0.3 is 9.47 Å². The first-order valence-corrected chi connectivity index (χ1v) is 6.06. The monoisotopic (exact) mass is 214 g/mol. The van der Waals surface area contributed by atoms with Gasteiger partial charge in [0.2, 0.25) is 0 Å². The molecular formula is C12H22O3. The van der Waals surface area contributed by atoms with Gasteiger partial charge in [0.15, 0.2) is 0 Å². The van der Waals surface area contributed by atoms with E-state index < -0.39 is 0 Å². The van der Waals surface area contributed by atoms with Gasteiger partial charge in [-0.2, -0.15) is 0 Å². The van der Waals surface area contributed by atoms with Crippen molar-refractivity contribution in [2.24, 2.45) is 5.92 Å². The number of rotatable bonds is 9. The molecule has 0 N–H and O–H groups in total. The molecule has 0 atom stereocenters. The van der Waals surface area contributed by atoms with Gasteiger partial charge in [0.25, 0.3) is 0 Å². The first-order chi connectivity index (χ1) is 7.33. The number of ether oxygens (including phenoxy) is 2. The molecule has 88 valence electrons. The maximum atomic E-state index is 11.0. The maximum absolute atomic E-state index is 11.0. The van der Waals surface area contributed by atoms with Gasteiger partial charge in [-0.3, -0.25) is 4.79 Å². The summed E-state index contributed by atoms with van der Waals surface area (Å²) >= 11 is 0. The van der Waals surface area contributed by atoms with Crippen LogP contribution in [-0.2, 0) is 14.3 Å². The fourth-order valence-corrected chi connectivity index (χ4v) is 1.42. The van der Waals surface area contributed by atoms with E-state index in [-0.39, 0.29) is 5.97 Å². The zero-order chi connectivity index (χ0) is 10.9. The van der Waals surface area contributed by atoms with Crippen LogP contribution in [0.3, 0.4) is 0 Å². The van der Waals surface area contributed by atoms with Gasteiger partial charge in [-0.25, -0.2) is 0 Å². The van der Waals surface area contributed by atoms with Crippen LogP contribution in [0, 0.1) is 5.92 Å². The number of esters is 1. The van der Waals surface area contributed by atoms with Crippen LogP contribution in [0.4, 0.5) is 0 Å². The Kier molecular flexibility index (Phi) is 6.41. The first-order valence-electron chi connectivity index (χ1n) is 6.06. The SMILES string of the molecule is CCOC(=O)CCCCCOCC1CC1. The molecule has 0 aromatic carbocycles. The minimum absolute atomic E-state index is 0.0728. The molecule has 0 spiro atoms. The van der Waals surface area contributed by atoms with Gasteiger partial charge in [0, 0.05) is 19.6 Å². The molecule has 1 saturated carbocycles. The minimum atomic E-state index is -0.0728. The molecule has 3 heteroatoms. The Bertz CT molecular complexity index is 176. The Morgan fingerprint density at radius 3 is 2.73 bits per heavy atom. The van der Waals surface area contributed by atoms with Crippen LogP contribution < -0.4 is 0 Å². The molecule has 0 aromatic rings. The topological polar surface area (TPSA) is 35.5 Å². The van der Waals surface area contributed by atoms with E-state index in [1.54, 1.807) is 0 Å². The van der Waals surface area contributed by atoms with Gasteiger partial charge in [0.05, 0.1) is 6.61 Å². The van der Waals surface area contributed by atoms with Gasteiger partial charge >= 0.3 is 5.97 Å². The van der Waals surface area contributed by atoms with E-state index in [0.717, 1.165) is 38.4 Å². The third kappa shape index (κ3) is 7.37. The van der Waals surface area contributed by atoms with Crippen LogP contribution in [-0.4, -0.2) is 25.8 Å². The predicted molar refractivity (Wildman–Crippen MR) is 58.6 cm³/mol. The van der Waals surface area contributed by atoms with Crippen LogP contribution in [0.25, 0.3) is 0 Å². The Balaban J connectivity index is 1.73. The molecule has 0 unspecified atom stereocenters. The van der Waals surface area contributed by atoms with Gasteiger partial charge in [-0.05, 0) is 38.5 Å². The molecule has 0 amide bonds. The van der Waals surface area contributed by atoms with Crippen molar-refractivity contribution in [1.29, 1.82) is 0 Å². The zero-order valence-electron chi connectivity index (χ0n) is 9.67. The third-order valence-corrected chi connectivity index (χ3v) is 2.53. The van der Waals surface area contributed by atoms with Crippen LogP contribution in [0.1, 0.15) is 45.4 Å². The summed E-state index contributed by atoms with van der Waals surface area (Å²) in [5, 5.41) is 0. The lowest BCUT2D eigenvalue weighted by Gasteiger charge is -2.03. The average Bonchev–Trinajstić information content (AvgIpc) is 3.00. The van der Waals surface area contributed by atoms with Gasteiger partial charge in [-0.1, -0.05) is 6.42 Å². The highest BCUT2D eigenvalue weighted by atomic mass is 16.5. The first kappa shape index (κ1) is 12.5. The van der Waals surface area contributed by atoms with Gasteiger partial charge in [0.1, 0.15) is 0 Å². The fourth-order valence-electron chi connectivity index (χ4n) is 1.42. The lowest BCUT2D eigenvalue weighted by molar-refractivity contribution is -0.143. The zero-order valence-corrected chi connectivity index (χ0v) is 9.67. The van der Waals surface area contributed by atoms with Crippen molar-refractivity contribution in [2.45, 2.75) is 45.4 Å². The summed E-state index contributed by atoms with van der Waals surface area (Å²) in [5.41, 5.74) is 0. The molecular weight excluding hydrogens is 192 g/mol. The lowest BCUT2D eigenvalue weighted by atomic mass is 10.2. The molecule has 1 aliphatic rings. The number of hydrogen-bond acceptors (Lipinski definition) is 3. The molecule has 0 radical (unpaired) electrons. The van der Waals surface area contributed by atoms with Crippen molar-refractivity contribution in [2.75, 3.05) is 19.8 Å². The second kappa shape index (κ2) is 7.69. The molecule has 0 bridgehead atoms. The Hall–Kier alpha value is -0.570. The van der Waals surface area contributed by atoms with Crippen LogP contribution >= 0.6 is 0 Å². The second-order valence-corrected chi connectivity index (χ2v) is 4.13. The standard InChI is InChI=1S/C12H22O3/c1-2-15-12(13)6-4-3-5-9-14-10-11-7-8-11/h11H,2-10H2,1H3. The van der Waals surface area contributed by atoms with E-state index in [2.05, 4.69) is 0 Å². The number of carbonyl (C=O) groups excluding carboxylic acids is 1. The van der Waals surface area contributed by atoms with E-state index in [4.69, 9.17) is 9.47 Å². The number of hydrogen-bond donors (Lipinski definition) is 0. The third-order valence-electron chi connectivity index (χ3n) is 2.53. The van der Waals surface area contributed by atoms with E-state index in [0.29, 0.717) is 13.0 Å². The predicted octanol–water partition coefficient (Wildman–Crippen LogP) is 2.54. The summed E-state index contributed by atoms with van der Waals surface area (Å²) in [4.78, 5) is 11.0. The number of carbonyl (C=O) groups is 1. The van der Waals surface area contributed by atoms with E-state index in [1.807, 2.05) is 6.92 Å². The largest absolute Gasteiger partial charge is 0.466 e. The van der Waals surface area contributed by atoms with Crippen LogP contribution in [0.5, 0.6) is 0 Å². The molecule has 1 aliphatic carbocycles. The van der Waals surface area contributed by atoms with Crippen LogP contribution in [0.2, 0.25) is 0 Å².